The summed E-state index contributed by atoms with van der Waals surface area (Å²) in [7, 11) is 0. The molecule has 0 radical (unpaired) electrons. The molecule has 0 atom stereocenters. The van der Waals surface area contributed by atoms with Gasteiger partial charge in [-0.2, -0.15) is 0 Å². The third-order valence-corrected chi connectivity index (χ3v) is 4.04. The Morgan fingerprint density at radius 2 is 1.66 bits per heavy atom. The Morgan fingerprint density at radius 1 is 0.931 bits per heavy atom. The predicted octanol–water partition coefficient (Wildman–Crippen LogP) is 4.05. The number of aromatic nitrogens is 1. The van der Waals surface area contributed by atoms with Crippen molar-refractivity contribution in [3.63, 3.8) is 0 Å². The molecule has 2 amide bonds. The molecule has 3 aromatic rings. The van der Waals surface area contributed by atoms with Gasteiger partial charge in [-0.25, -0.2) is 0 Å². The normalized spacial score (nSPS) is 10.4. The Hall–Kier alpha value is -3.67. The van der Waals surface area contributed by atoms with Crippen molar-refractivity contribution < 1.29 is 14.3 Å². The van der Waals surface area contributed by atoms with E-state index in [4.69, 9.17) is 4.74 Å². The van der Waals surface area contributed by atoms with E-state index in [1.165, 1.54) is 0 Å². The molecule has 148 valence electrons. The Morgan fingerprint density at radius 3 is 2.38 bits per heavy atom. The van der Waals surface area contributed by atoms with E-state index in [1.807, 2.05) is 44.2 Å². The van der Waals surface area contributed by atoms with E-state index in [1.54, 1.807) is 42.6 Å². The zero-order chi connectivity index (χ0) is 20.6. The molecule has 0 aliphatic heterocycles. The zero-order valence-corrected chi connectivity index (χ0v) is 16.4. The van der Waals surface area contributed by atoms with Gasteiger partial charge in [-0.3, -0.25) is 14.6 Å². The van der Waals surface area contributed by atoms with Gasteiger partial charge in [-0.15, -0.1) is 0 Å². The molecule has 2 aromatic carbocycles. The number of carbonyl (C=O) groups is 2. The zero-order valence-electron chi connectivity index (χ0n) is 16.4. The lowest BCUT2D eigenvalue weighted by atomic mass is 10.1. The molecular weight excluding hydrogens is 366 g/mol. The van der Waals surface area contributed by atoms with E-state index in [2.05, 4.69) is 15.6 Å². The van der Waals surface area contributed by atoms with Gasteiger partial charge in [0, 0.05) is 17.3 Å². The average Bonchev–Trinajstić information content (AvgIpc) is 2.74. The topological polar surface area (TPSA) is 80.3 Å². The molecule has 0 saturated heterocycles. The highest BCUT2D eigenvalue weighted by Gasteiger charge is 2.13. The lowest BCUT2D eigenvalue weighted by Gasteiger charge is -2.15. The summed E-state index contributed by atoms with van der Waals surface area (Å²) in [6, 6.07) is 19.3. The molecule has 0 saturated carbocycles. The van der Waals surface area contributed by atoms with Crippen LogP contribution in [0.1, 0.15) is 40.3 Å². The van der Waals surface area contributed by atoms with Crippen LogP contribution in [0.5, 0.6) is 5.75 Å². The number of rotatable bonds is 7. The molecule has 0 unspecified atom stereocenters. The Labute approximate surface area is 169 Å². The van der Waals surface area contributed by atoms with Crippen LogP contribution in [0.15, 0.2) is 72.9 Å². The highest BCUT2D eigenvalue weighted by molar-refractivity contribution is 6.06. The van der Waals surface area contributed by atoms with Gasteiger partial charge in [-0.1, -0.05) is 24.3 Å². The first-order valence-electron chi connectivity index (χ1n) is 9.38. The average molecular weight is 389 g/mol. The molecule has 3 rings (SSSR count). The fourth-order valence-corrected chi connectivity index (χ4v) is 2.70. The van der Waals surface area contributed by atoms with E-state index in [0.29, 0.717) is 29.1 Å². The fourth-order valence-electron chi connectivity index (χ4n) is 2.70. The summed E-state index contributed by atoms with van der Waals surface area (Å²) in [5.41, 5.74) is 2.13. The van der Waals surface area contributed by atoms with Crippen molar-refractivity contribution >= 4 is 17.5 Å². The number of hydrogen-bond acceptors (Lipinski definition) is 4. The number of nitrogens with one attached hydrogen (secondary N) is 2. The van der Waals surface area contributed by atoms with Gasteiger partial charge < -0.3 is 15.4 Å². The van der Waals surface area contributed by atoms with E-state index in [9.17, 15) is 9.59 Å². The number of benzene rings is 2. The lowest BCUT2D eigenvalue weighted by molar-refractivity contribution is 0.0950. The SMILES string of the molecule is CC(C)Oc1ccccc1NC(=O)c1cccc(C(=O)NCc2ccccn2)c1. The van der Waals surface area contributed by atoms with Crippen molar-refractivity contribution in [2.24, 2.45) is 0 Å². The van der Waals surface area contributed by atoms with Crippen molar-refractivity contribution in [1.82, 2.24) is 10.3 Å². The number of pyridine rings is 1. The molecule has 2 N–H and O–H groups in total. The van der Waals surface area contributed by atoms with Crippen LogP contribution in [0, 0.1) is 0 Å². The first-order chi connectivity index (χ1) is 14.0. The number of anilines is 1. The van der Waals surface area contributed by atoms with Crippen molar-refractivity contribution in [1.29, 1.82) is 0 Å². The summed E-state index contributed by atoms with van der Waals surface area (Å²) in [6.07, 6.45) is 1.66. The first kappa shape index (κ1) is 20.1. The molecule has 6 nitrogen and oxygen atoms in total. The maximum absolute atomic E-state index is 12.7. The molecule has 0 bridgehead atoms. The van der Waals surface area contributed by atoms with Crippen molar-refractivity contribution in [2.75, 3.05) is 5.32 Å². The van der Waals surface area contributed by atoms with Gasteiger partial charge in [0.2, 0.25) is 0 Å². The molecule has 0 spiro atoms. The summed E-state index contributed by atoms with van der Waals surface area (Å²) >= 11 is 0. The number of amides is 2. The highest BCUT2D eigenvalue weighted by atomic mass is 16.5. The van der Waals surface area contributed by atoms with Crippen LogP contribution in [0.3, 0.4) is 0 Å². The van der Waals surface area contributed by atoms with Crippen LogP contribution >= 0.6 is 0 Å². The van der Waals surface area contributed by atoms with E-state index < -0.39 is 0 Å². The van der Waals surface area contributed by atoms with Crippen LogP contribution in [-0.2, 0) is 6.54 Å². The molecule has 0 aliphatic carbocycles. The van der Waals surface area contributed by atoms with E-state index in [-0.39, 0.29) is 17.9 Å². The highest BCUT2D eigenvalue weighted by Crippen LogP contribution is 2.25. The number of hydrogen-bond donors (Lipinski definition) is 2. The minimum absolute atomic E-state index is 0.0146. The Balaban J connectivity index is 1.69. The van der Waals surface area contributed by atoms with Crippen LogP contribution < -0.4 is 15.4 Å². The monoisotopic (exact) mass is 389 g/mol. The third kappa shape index (κ3) is 5.65. The molecule has 0 fully saturated rings. The second-order valence-electron chi connectivity index (χ2n) is 6.70. The van der Waals surface area contributed by atoms with Gasteiger partial charge >= 0.3 is 0 Å². The second kappa shape index (κ2) is 9.50. The molecule has 1 heterocycles. The minimum Gasteiger partial charge on any atom is -0.489 e. The third-order valence-electron chi connectivity index (χ3n) is 4.04. The largest absolute Gasteiger partial charge is 0.489 e. The maximum Gasteiger partial charge on any atom is 0.255 e. The number of carbonyl (C=O) groups excluding carboxylic acids is 2. The van der Waals surface area contributed by atoms with Gasteiger partial charge in [0.25, 0.3) is 11.8 Å². The van der Waals surface area contributed by atoms with Crippen molar-refractivity contribution in [3.05, 3.63) is 89.7 Å². The second-order valence-corrected chi connectivity index (χ2v) is 6.70. The Kier molecular flexibility index (Phi) is 6.58. The molecular formula is C23H23N3O3. The van der Waals surface area contributed by atoms with E-state index in [0.717, 1.165) is 5.69 Å². The Bertz CT molecular complexity index is 987. The number of ether oxygens (including phenoxy) is 1. The molecule has 1 aromatic heterocycles. The van der Waals surface area contributed by atoms with Crippen molar-refractivity contribution in [3.8, 4) is 5.75 Å². The van der Waals surface area contributed by atoms with Crippen LogP contribution in [0.4, 0.5) is 5.69 Å². The predicted molar refractivity (Wildman–Crippen MR) is 112 cm³/mol. The summed E-state index contributed by atoms with van der Waals surface area (Å²) in [5.74, 6) is 0.0122. The van der Waals surface area contributed by atoms with Gasteiger partial charge in [0.15, 0.2) is 0 Å². The van der Waals surface area contributed by atoms with Crippen molar-refractivity contribution in [2.45, 2.75) is 26.5 Å². The molecule has 29 heavy (non-hydrogen) atoms. The van der Waals surface area contributed by atoms with Crippen LogP contribution in [0.2, 0.25) is 0 Å². The summed E-state index contributed by atoms with van der Waals surface area (Å²) in [5, 5.41) is 5.66. The number of para-hydroxylation sites is 2. The van der Waals surface area contributed by atoms with E-state index >= 15 is 0 Å². The maximum atomic E-state index is 12.7. The fraction of sp³-hybridized carbons (Fsp3) is 0.174. The van der Waals surface area contributed by atoms with Crippen LogP contribution in [-0.4, -0.2) is 22.9 Å². The lowest BCUT2D eigenvalue weighted by Crippen LogP contribution is -2.23. The minimum atomic E-state index is -0.316. The standard InChI is InChI=1S/C23H23N3O3/c1-16(2)29-21-12-4-3-11-20(21)26-23(28)18-9-7-8-17(14-18)22(27)25-15-19-10-5-6-13-24-19/h3-14,16H,15H2,1-2H3,(H,25,27)(H,26,28). The van der Waals surface area contributed by atoms with Gasteiger partial charge in [0.1, 0.15) is 5.75 Å². The smallest absolute Gasteiger partial charge is 0.255 e. The molecule has 6 heteroatoms. The molecule has 0 aliphatic rings. The summed E-state index contributed by atoms with van der Waals surface area (Å²) in [4.78, 5) is 29.3. The van der Waals surface area contributed by atoms with Gasteiger partial charge in [-0.05, 0) is 56.3 Å². The van der Waals surface area contributed by atoms with Gasteiger partial charge in [0.05, 0.1) is 24.0 Å². The van der Waals surface area contributed by atoms with Crippen LogP contribution in [0.25, 0.3) is 0 Å². The number of nitrogens with zero attached hydrogens (tertiary/aromatic N) is 1. The summed E-state index contributed by atoms with van der Waals surface area (Å²) in [6.45, 7) is 4.16. The first-order valence-corrected chi connectivity index (χ1v) is 9.38. The summed E-state index contributed by atoms with van der Waals surface area (Å²) < 4.78 is 5.73. The quantitative estimate of drug-likeness (QED) is 0.639.